The average molecular weight is 228 g/mol. The lowest BCUT2D eigenvalue weighted by Gasteiger charge is -2.15. The topological polar surface area (TPSA) is 52.6 Å². The maximum atomic E-state index is 10.7. The number of carbonyl (C=O) groups is 2. The summed E-state index contributed by atoms with van der Waals surface area (Å²) in [5.41, 5.74) is 0. The number of hydrogen-bond donors (Lipinski definition) is 0. The number of unbranched alkanes of at least 4 members (excludes halogenated alkanes) is 1. The molecular formula is C12H20O4. The second kappa shape index (κ2) is 8.95. The van der Waals surface area contributed by atoms with Crippen LogP contribution in [-0.2, 0) is 19.1 Å². The lowest BCUT2D eigenvalue weighted by Crippen LogP contribution is -2.22. The third-order valence-electron chi connectivity index (χ3n) is 1.79. The molecule has 4 nitrogen and oxygen atoms in total. The van der Waals surface area contributed by atoms with Crippen molar-refractivity contribution in [2.75, 3.05) is 0 Å². The smallest absolute Gasteiger partial charge is 0.305 e. The quantitative estimate of drug-likeness (QED) is 0.382. The van der Waals surface area contributed by atoms with Gasteiger partial charge in [0.05, 0.1) is 0 Å². The van der Waals surface area contributed by atoms with Crippen molar-refractivity contribution >= 4 is 11.9 Å². The molecule has 0 amide bonds. The van der Waals surface area contributed by atoms with E-state index in [-0.39, 0.29) is 0 Å². The maximum Gasteiger partial charge on any atom is 0.305 e. The van der Waals surface area contributed by atoms with Crippen molar-refractivity contribution in [3.05, 3.63) is 12.2 Å². The summed E-state index contributed by atoms with van der Waals surface area (Å²) < 4.78 is 9.70. The summed E-state index contributed by atoms with van der Waals surface area (Å²) in [5.74, 6) is -0.882. The Hall–Kier alpha value is -1.32. The molecule has 0 radical (unpaired) electrons. The third-order valence-corrected chi connectivity index (χ3v) is 1.79. The highest BCUT2D eigenvalue weighted by Crippen LogP contribution is 2.06. The van der Waals surface area contributed by atoms with E-state index >= 15 is 0 Å². The Labute approximate surface area is 96.6 Å². The van der Waals surface area contributed by atoms with Crippen LogP contribution < -0.4 is 0 Å². The van der Waals surface area contributed by atoms with Crippen molar-refractivity contribution in [2.24, 2.45) is 0 Å². The van der Waals surface area contributed by atoms with Gasteiger partial charge in [0.1, 0.15) is 0 Å². The van der Waals surface area contributed by atoms with Crippen LogP contribution >= 0.6 is 0 Å². The highest BCUT2D eigenvalue weighted by atomic mass is 16.7. The van der Waals surface area contributed by atoms with Crippen LogP contribution in [0.25, 0.3) is 0 Å². The van der Waals surface area contributed by atoms with Crippen LogP contribution in [0.15, 0.2) is 12.2 Å². The summed E-state index contributed by atoms with van der Waals surface area (Å²) in [4.78, 5) is 21.5. The molecule has 0 saturated carbocycles. The second-order valence-electron chi connectivity index (χ2n) is 3.49. The summed E-state index contributed by atoms with van der Waals surface area (Å²) in [6.45, 7) is 4.69. The molecule has 0 N–H and O–H groups in total. The van der Waals surface area contributed by atoms with E-state index in [0.29, 0.717) is 6.42 Å². The number of hydrogen-bond acceptors (Lipinski definition) is 4. The first-order valence-corrected chi connectivity index (χ1v) is 5.55. The van der Waals surface area contributed by atoms with E-state index in [2.05, 4.69) is 13.0 Å². The first kappa shape index (κ1) is 14.7. The Bertz CT molecular complexity index is 229. The molecule has 0 aliphatic rings. The maximum absolute atomic E-state index is 10.7. The first-order chi connectivity index (χ1) is 7.56. The number of allylic oxidation sites excluding steroid dienone is 2. The van der Waals surface area contributed by atoms with Crippen LogP contribution in [0.5, 0.6) is 0 Å². The lowest BCUT2D eigenvalue weighted by molar-refractivity contribution is -0.185. The van der Waals surface area contributed by atoms with Crippen LogP contribution in [0, 0.1) is 0 Å². The Morgan fingerprint density at radius 2 is 1.56 bits per heavy atom. The van der Waals surface area contributed by atoms with E-state index in [0.717, 1.165) is 19.3 Å². The van der Waals surface area contributed by atoms with Gasteiger partial charge < -0.3 is 9.47 Å². The van der Waals surface area contributed by atoms with Gasteiger partial charge in [0.15, 0.2) is 0 Å². The number of carbonyl (C=O) groups excluding carboxylic acids is 2. The summed E-state index contributed by atoms with van der Waals surface area (Å²) in [6, 6.07) is 0. The van der Waals surface area contributed by atoms with Crippen LogP contribution in [0.1, 0.15) is 46.5 Å². The zero-order valence-electron chi connectivity index (χ0n) is 10.2. The highest BCUT2D eigenvalue weighted by molar-refractivity contribution is 5.68. The third kappa shape index (κ3) is 9.24. The van der Waals surface area contributed by atoms with Gasteiger partial charge in [-0.2, -0.15) is 0 Å². The van der Waals surface area contributed by atoms with E-state index in [9.17, 15) is 9.59 Å². The number of esters is 2. The summed E-state index contributed by atoms with van der Waals surface area (Å²) in [6.07, 6.45) is 6.67. The molecular weight excluding hydrogens is 208 g/mol. The molecule has 0 aromatic carbocycles. The standard InChI is InChI=1S/C12H20O4/c1-4-5-6-7-8-9-12(15-10(2)13)16-11(3)14/h6-7,12H,4-5,8-9H2,1-3H3. The Morgan fingerprint density at radius 1 is 1.06 bits per heavy atom. The molecule has 0 saturated heterocycles. The minimum atomic E-state index is -0.763. The van der Waals surface area contributed by atoms with Crippen molar-refractivity contribution in [1.82, 2.24) is 0 Å². The molecule has 4 heteroatoms. The summed E-state index contributed by atoms with van der Waals surface area (Å²) >= 11 is 0. The zero-order valence-corrected chi connectivity index (χ0v) is 10.2. The molecule has 0 aromatic rings. The van der Waals surface area contributed by atoms with Crippen LogP contribution in [0.2, 0.25) is 0 Å². The molecule has 0 atom stereocenters. The molecule has 92 valence electrons. The minimum Gasteiger partial charge on any atom is -0.425 e. The van der Waals surface area contributed by atoms with E-state index in [1.165, 1.54) is 13.8 Å². The predicted octanol–water partition coefficient (Wildman–Crippen LogP) is 2.58. The highest BCUT2D eigenvalue weighted by Gasteiger charge is 2.13. The number of ether oxygens (including phenoxy) is 2. The fourth-order valence-electron chi connectivity index (χ4n) is 1.15. The molecule has 16 heavy (non-hydrogen) atoms. The molecule has 0 bridgehead atoms. The molecule has 0 aliphatic carbocycles. The molecule has 0 aliphatic heterocycles. The zero-order chi connectivity index (χ0) is 12.4. The van der Waals surface area contributed by atoms with E-state index in [1.54, 1.807) is 0 Å². The van der Waals surface area contributed by atoms with Gasteiger partial charge in [-0.1, -0.05) is 25.5 Å². The normalized spacial score (nSPS) is 10.8. The fraction of sp³-hybridized carbons (Fsp3) is 0.667. The van der Waals surface area contributed by atoms with Gasteiger partial charge >= 0.3 is 11.9 Å². The average Bonchev–Trinajstić information content (AvgIpc) is 2.15. The van der Waals surface area contributed by atoms with Crippen LogP contribution in [0.4, 0.5) is 0 Å². The molecule has 0 heterocycles. The van der Waals surface area contributed by atoms with Crippen LogP contribution in [-0.4, -0.2) is 18.2 Å². The van der Waals surface area contributed by atoms with Gasteiger partial charge in [0.2, 0.25) is 6.29 Å². The van der Waals surface area contributed by atoms with Crippen molar-refractivity contribution in [2.45, 2.75) is 52.7 Å². The number of rotatable bonds is 7. The Balaban J connectivity index is 3.91. The van der Waals surface area contributed by atoms with Gasteiger partial charge in [0, 0.05) is 20.3 Å². The van der Waals surface area contributed by atoms with Crippen molar-refractivity contribution in [3.63, 3.8) is 0 Å². The lowest BCUT2D eigenvalue weighted by atomic mass is 10.2. The predicted molar refractivity (Wildman–Crippen MR) is 60.6 cm³/mol. The van der Waals surface area contributed by atoms with Gasteiger partial charge in [-0.25, -0.2) is 0 Å². The first-order valence-electron chi connectivity index (χ1n) is 5.55. The van der Waals surface area contributed by atoms with Gasteiger partial charge in [-0.3, -0.25) is 9.59 Å². The monoisotopic (exact) mass is 228 g/mol. The van der Waals surface area contributed by atoms with Crippen LogP contribution in [0.3, 0.4) is 0 Å². The fourth-order valence-corrected chi connectivity index (χ4v) is 1.15. The largest absolute Gasteiger partial charge is 0.425 e. The van der Waals surface area contributed by atoms with Crippen molar-refractivity contribution < 1.29 is 19.1 Å². The molecule has 0 fully saturated rings. The molecule has 0 aromatic heterocycles. The Kier molecular flexibility index (Phi) is 8.21. The molecule has 0 rings (SSSR count). The van der Waals surface area contributed by atoms with Gasteiger partial charge in [0.25, 0.3) is 0 Å². The molecule has 0 unspecified atom stereocenters. The summed E-state index contributed by atoms with van der Waals surface area (Å²) in [5, 5.41) is 0. The minimum absolute atomic E-state index is 0.441. The van der Waals surface area contributed by atoms with E-state index in [1.807, 2.05) is 6.08 Å². The molecule has 0 spiro atoms. The Morgan fingerprint density at radius 3 is 2.00 bits per heavy atom. The van der Waals surface area contributed by atoms with E-state index in [4.69, 9.17) is 9.47 Å². The van der Waals surface area contributed by atoms with Gasteiger partial charge in [-0.05, 0) is 12.8 Å². The van der Waals surface area contributed by atoms with Crippen molar-refractivity contribution in [1.29, 1.82) is 0 Å². The van der Waals surface area contributed by atoms with E-state index < -0.39 is 18.2 Å². The second-order valence-corrected chi connectivity index (χ2v) is 3.49. The SMILES string of the molecule is CCCC=CCCC(OC(C)=O)OC(C)=O. The van der Waals surface area contributed by atoms with Crippen molar-refractivity contribution in [3.8, 4) is 0 Å². The summed E-state index contributed by atoms with van der Waals surface area (Å²) in [7, 11) is 0. The van der Waals surface area contributed by atoms with Gasteiger partial charge in [-0.15, -0.1) is 0 Å².